The van der Waals surface area contributed by atoms with E-state index in [-0.39, 0.29) is 29.9 Å². The van der Waals surface area contributed by atoms with Crippen LogP contribution in [0.25, 0.3) is 0 Å². The van der Waals surface area contributed by atoms with E-state index in [2.05, 4.69) is 5.32 Å². The number of hydrogen-bond acceptors (Lipinski definition) is 3. The standard InChI is InChI=1S/C17H22FN3O2.ClH/c18-12-6-2-3-7-14(12)21-11-8-13(15(21)22)20-16(23)17(19)9-4-1-5-10-17;/h2-3,6-7,13H,1,4-5,8-11,19H2,(H,20,23);1H. The van der Waals surface area contributed by atoms with Gasteiger partial charge in [0.25, 0.3) is 0 Å². The van der Waals surface area contributed by atoms with Gasteiger partial charge in [-0.3, -0.25) is 9.59 Å². The molecule has 1 atom stereocenters. The maximum atomic E-state index is 13.9. The molecule has 1 saturated heterocycles. The van der Waals surface area contributed by atoms with Crippen molar-refractivity contribution in [3.05, 3.63) is 30.1 Å². The highest BCUT2D eigenvalue weighted by Gasteiger charge is 2.40. The Morgan fingerprint density at radius 2 is 1.92 bits per heavy atom. The van der Waals surface area contributed by atoms with Gasteiger partial charge in [0.15, 0.2) is 0 Å². The molecule has 0 spiro atoms. The lowest BCUT2D eigenvalue weighted by Gasteiger charge is -2.32. The average molecular weight is 356 g/mol. The topological polar surface area (TPSA) is 75.4 Å². The zero-order valence-electron chi connectivity index (χ0n) is 13.5. The molecule has 5 nitrogen and oxygen atoms in total. The number of hydrogen-bond donors (Lipinski definition) is 2. The third kappa shape index (κ3) is 3.54. The van der Waals surface area contributed by atoms with Crippen molar-refractivity contribution in [3.63, 3.8) is 0 Å². The van der Waals surface area contributed by atoms with Crippen LogP contribution in [0, 0.1) is 5.82 Å². The number of rotatable bonds is 3. The fourth-order valence-corrected chi connectivity index (χ4v) is 3.44. The van der Waals surface area contributed by atoms with E-state index in [4.69, 9.17) is 5.73 Å². The summed E-state index contributed by atoms with van der Waals surface area (Å²) in [5, 5.41) is 2.78. The van der Waals surface area contributed by atoms with Gasteiger partial charge >= 0.3 is 0 Å². The van der Waals surface area contributed by atoms with E-state index in [9.17, 15) is 14.0 Å². The van der Waals surface area contributed by atoms with Crippen molar-refractivity contribution in [2.45, 2.75) is 50.1 Å². The summed E-state index contributed by atoms with van der Waals surface area (Å²) in [7, 11) is 0. The second-order valence-electron chi connectivity index (χ2n) is 6.47. The SMILES string of the molecule is Cl.NC1(C(=O)NC2CCN(c3ccccc3F)C2=O)CCCCC1. The second-order valence-corrected chi connectivity index (χ2v) is 6.47. The Bertz CT molecular complexity index is 620. The lowest BCUT2D eigenvalue weighted by atomic mass is 9.81. The highest BCUT2D eigenvalue weighted by atomic mass is 35.5. The molecule has 1 saturated carbocycles. The van der Waals surface area contributed by atoms with Crippen molar-refractivity contribution < 1.29 is 14.0 Å². The molecule has 1 aromatic carbocycles. The number of nitrogens with one attached hydrogen (secondary N) is 1. The van der Waals surface area contributed by atoms with Gasteiger partial charge in [-0.05, 0) is 31.4 Å². The van der Waals surface area contributed by atoms with Crippen molar-refractivity contribution in [1.29, 1.82) is 0 Å². The van der Waals surface area contributed by atoms with Crippen LogP contribution in [-0.2, 0) is 9.59 Å². The summed E-state index contributed by atoms with van der Waals surface area (Å²) >= 11 is 0. The van der Waals surface area contributed by atoms with E-state index >= 15 is 0 Å². The molecule has 1 aliphatic heterocycles. The minimum atomic E-state index is -0.871. The number of benzene rings is 1. The van der Waals surface area contributed by atoms with Crippen LogP contribution in [0.5, 0.6) is 0 Å². The number of anilines is 1. The first-order chi connectivity index (χ1) is 11.0. The van der Waals surface area contributed by atoms with Crippen LogP contribution >= 0.6 is 12.4 Å². The van der Waals surface area contributed by atoms with Crippen molar-refractivity contribution in [3.8, 4) is 0 Å². The Balaban J connectivity index is 0.00000208. The molecular weight excluding hydrogens is 333 g/mol. The smallest absolute Gasteiger partial charge is 0.249 e. The maximum Gasteiger partial charge on any atom is 0.249 e. The number of halogens is 2. The fraction of sp³-hybridized carbons (Fsp3) is 0.529. The highest BCUT2D eigenvalue weighted by molar-refractivity contribution is 6.02. The quantitative estimate of drug-likeness (QED) is 0.872. The Hall–Kier alpha value is -1.66. The normalized spacial score (nSPS) is 22.8. The zero-order chi connectivity index (χ0) is 16.4. The molecule has 7 heteroatoms. The first kappa shape index (κ1) is 18.7. The van der Waals surface area contributed by atoms with Crippen LogP contribution < -0.4 is 16.0 Å². The van der Waals surface area contributed by atoms with Gasteiger partial charge < -0.3 is 16.0 Å². The summed E-state index contributed by atoms with van der Waals surface area (Å²) in [6, 6.07) is 5.55. The molecule has 3 N–H and O–H groups in total. The molecule has 0 radical (unpaired) electrons. The predicted molar refractivity (Wildman–Crippen MR) is 92.6 cm³/mol. The van der Waals surface area contributed by atoms with E-state index in [1.165, 1.54) is 11.0 Å². The van der Waals surface area contributed by atoms with E-state index in [1.54, 1.807) is 18.2 Å². The summed E-state index contributed by atoms with van der Waals surface area (Å²) in [4.78, 5) is 26.3. The van der Waals surface area contributed by atoms with E-state index in [1.807, 2.05) is 0 Å². The Labute approximate surface area is 147 Å². The van der Waals surface area contributed by atoms with Gasteiger partial charge in [-0.2, -0.15) is 0 Å². The molecule has 3 rings (SSSR count). The van der Waals surface area contributed by atoms with Gasteiger partial charge in [0.1, 0.15) is 11.9 Å². The monoisotopic (exact) mass is 355 g/mol. The van der Waals surface area contributed by atoms with Crippen LogP contribution in [0.15, 0.2) is 24.3 Å². The lowest BCUT2D eigenvalue weighted by Crippen LogP contribution is -2.58. The van der Waals surface area contributed by atoms with E-state index < -0.39 is 17.4 Å². The lowest BCUT2D eigenvalue weighted by molar-refractivity contribution is -0.131. The summed E-state index contributed by atoms with van der Waals surface area (Å²) in [5.41, 5.74) is 5.59. The largest absolute Gasteiger partial charge is 0.343 e. The molecule has 24 heavy (non-hydrogen) atoms. The van der Waals surface area contributed by atoms with E-state index in [0.29, 0.717) is 25.8 Å². The number of carbonyl (C=O) groups is 2. The van der Waals surface area contributed by atoms with Crippen molar-refractivity contribution in [2.75, 3.05) is 11.4 Å². The molecule has 2 fully saturated rings. The molecule has 1 aromatic rings. The molecule has 2 aliphatic rings. The van der Waals surface area contributed by atoms with Gasteiger partial charge in [0.05, 0.1) is 11.2 Å². The number of para-hydroxylation sites is 1. The van der Waals surface area contributed by atoms with Gasteiger partial charge in [0, 0.05) is 6.54 Å². The Morgan fingerprint density at radius 1 is 1.25 bits per heavy atom. The Kier molecular flexibility index (Phi) is 5.83. The van der Waals surface area contributed by atoms with E-state index in [0.717, 1.165) is 19.3 Å². The van der Waals surface area contributed by atoms with Crippen LogP contribution in [0.1, 0.15) is 38.5 Å². The molecule has 2 amide bonds. The summed E-state index contributed by atoms with van der Waals surface area (Å²) in [6.45, 7) is 0.391. The van der Waals surface area contributed by atoms with Crippen LogP contribution in [0.2, 0.25) is 0 Å². The van der Waals surface area contributed by atoms with Crippen molar-refractivity contribution in [1.82, 2.24) is 5.32 Å². The molecular formula is C17H23ClFN3O2. The number of amides is 2. The fourth-order valence-electron chi connectivity index (χ4n) is 3.44. The zero-order valence-corrected chi connectivity index (χ0v) is 14.3. The Morgan fingerprint density at radius 3 is 2.58 bits per heavy atom. The van der Waals surface area contributed by atoms with Gasteiger partial charge in [-0.1, -0.05) is 31.4 Å². The maximum absolute atomic E-state index is 13.9. The molecule has 132 valence electrons. The van der Waals surface area contributed by atoms with Crippen LogP contribution in [0.3, 0.4) is 0 Å². The summed E-state index contributed by atoms with van der Waals surface area (Å²) in [5.74, 6) is -0.968. The predicted octanol–water partition coefficient (Wildman–Crippen LogP) is 2.13. The van der Waals surface area contributed by atoms with Crippen molar-refractivity contribution in [2.24, 2.45) is 5.73 Å². The minimum absolute atomic E-state index is 0. The average Bonchev–Trinajstić information content (AvgIpc) is 2.89. The molecule has 1 unspecified atom stereocenters. The van der Waals surface area contributed by atoms with Crippen LogP contribution in [-0.4, -0.2) is 29.9 Å². The second kappa shape index (κ2) is 7.49. The first-order valence-corrected chi connectivity index (χ1v) is 8.17. The van der Waals surface area contributed by atoms with Gasteiger partial charge in [-0.15, -0.1) is 12.4 Å². The summed E-state index contributed by atoms with van der Waals surface area (Å²) < 4.78 is 13.9. The molecule has 1 heterocycles. The molecule has 0 bridgehead atoms. The summed E-state index contributed by atoms with van der Waals surface area (Å²) in [6.07, 6.45) is 4.73. The third-order valence-corrected chi connectivity index (χ3v) is 4.85. The number of carbonyl (C=O) groups excluding carboxylic acids is 2. The number of nitrogens with zero attached hydrogens (tertiary/aromatic N) is 1. The van der Waals surface area contributed by atoms with Gasteiger partial charge in [0.2, 0.25) is 11.8 Å². The molecule has 1 aliphatic carbocycles. The minimum Gasteiger partial charge on any atom is -0.343 e. The van der Waals surface area contributed by atoms with Gasteiger partial charge in [-0.25, -0.2) is 4.39 Å². The third-order valence-electron chi connectivity index (χ3n) is 4.85. The van der Waals surface area contributed by atoms with Crippen LogP contribution in [0.4, 0.5) is 10.1 Å². The first-order valence-electron chi connectivity index (χ1n) is 8.17. The van der Waals surface area contributed by atoms with Crippen molar-refractivity contribution >= 4 is 29.9 Å². The molecule has 0 aromatic heterocycles. The highest BCUT2D eigenvalue weighted by Crippen LogP contribution is 2.28. The number of nitrogens with two attached hydrogens (primary N) is 1.